The predicted molar refractivity (Wildman–Crippen MR) is 69.6 cm³/mol. The molecule has 0 saturated carbocycles. The zero-order valence-corrected chi connectivity index (χ0v) is 10.3. The molecule has 3 aromatic rings. The third kappa shape index (κ3) is 1.76. The van der Waals surface area contributed by atoms with Gasteiger partial charge < -0.3 is 5.21 Å². The number of para-hydroxylation sites is 2. The van der Waals surface area contributed by atoms with Crippen molar-refractivity contribution in [3.05, 3.63) is 64.9 Å². The van der Waals surface area contributed by atoms with E-state index in [1.54, 1.807) is 36.4 Å². The van der Waals surface area contributed by atoms with E-state index >= 15 is 0 Å². The molecule has 2 aromatic carbocycles. The number of carbonyl (C=O) groups excluding carboxylic acids is 1. The first kappa shape index (κ1) is 11.4. The molecule has 1 aromatic heterocycles. The van der Waals surface area contributed by atoms with Crippen LogP contribution in [0.4, 0.5) is 0 Å². The van der Waals surface area contributed by atoms with E-state index in [-0.39, 0.29) is 5.91 Å². The number of nitrogens with zero attached hydrogens (tertiary/aromatic N) is 3. The van der Waals surface area contributed by atoms with Gasteiger partial charge in [0.1, 0.15) is 5.21 Å². The Morgan fingerprint density at radius 3 is 2.63 bits per heavy atom. The second-order valence-corrected chi connectivity index (χ2v) is 4.28. The smallest absolute Gasteiger partial charge is 0.366 e. The van der Waals surface area contributed by atoms with Gasteiger partial charge in [-0.15, -0.1) is 4.85 Å². The highest BCUT2D eigenvalue weighted by molar-refractivity contribution is 6.00. The minimum Gasteiger partial charge on any atom is -0.691 e. The standard InChI is InChI=1S/C14H11N3O2/c1-10-6-2-3-7-11(10)14(18)16-12-8-4-5-9-13(12)17(19)15-16/h2-9H,1H3. The van der Waals surface area contributed by atoms with Crippen LogP contribution in [0.2, 0.25) is 0 Å². The molecule has 0 aliphatic heterocycles. The average molecular weight is 253 g/mol. The van der Waals surface area contributed by atoms with E-state index in [1.165, 1.54) is 0 Å². The minimum absolute atomic E-state index is 0.302. The van der Waals surface area contributed by atoms with Crippen molar-refractivity contribution in [3.8, 4) is 0 Å². The zero-order chi connectivity index (χ0) is 13.4. The number of hydrogen-bond acceptors (Lipinski definition) is 3. The quantitative estimate of drug-likeness (QED) is 0.489. The molecular weight excluding hydrogens is 242 g/mol. The van der Waals surface area contributed by atoms with E-state index in [0.717, 1.165) is 10.2 Å². The Labute approximate surface area is 109 Å². The Balaban J connectivity index is 2.20. The Morgan fingerprint density at radius 2 is 1.84 bits per heavy atom. The summed E-state index contributed by atoms with van der Waals surface area (Å²) in [6.07, 6.45) is 0. The number of hydrogen-bond donors (Lipinski definition) is 0. The number of fused-ring (bicyclic) bond motifs is 1. The third-order valence-corrected chi connectivity index (χ3v) is 3.05. The Morgan fingerprint density at radius 1 is 1.16 bits per heavy atom. The molecule has 5 nitrogen and oxygen atoms in total. The van der Waals surface area contributed by atoms with Gasteiger partial charge in [0, 0.05) is 0 Å². The summed E-state index contributed by atoms with van der Waals surface area (Å²) in [5.74, 6) is -0.302. The predicted octanol–water partition coefficient (Wildman–Crippen LogP) is 1.67. The maximum Gasteiger partial charge on any atom is 0.366 e. The van der Waals surface area contributed by atoms with Crippen LogP contribution in [0.1, 0.15) is 15.9 Å². The van der Waals surface area contributed by atoms with Gasteiger partial charge in [0.15, 0.2) is 0 Å². The molecule has 0 saturated heterocycles. The second-order valence-electron chi connectivity index (χ2n) is 4.28. The summed E-state index contributed by atoms with van der Waals surface area (Å²) in [5, 5.41) is 15.4. The van der Waals surface area contributed by atoms with Crippen molar-refractivity contribution in [1.29, 1.82) is 0 Å². The Bertz CT molecular complexity index is 777. The van der Waals surface area contributed by atoms with E-state index in [2.05, 4.69) is 5.21 Å². The highest BCUT2D eigenvalue weighted by Crippen LogP contribution is 2.13. The van der Waals surface area contributed by atoms with Gasteiger partial charge in [-0.3, -0.25) is 0 Å². The van der Waals surface area contributed by atoms with E-state index in [9.17, 15) is 10.0 Å². The largest absolute Gasteiger partial charge is 0.691 e. The van der Waals surface area contributed by atoms with Gasteiger partial charge >= 0.3 is 5.91 Å². The van der Waals surface area contributed by atoms with E-state index in [0.29, 0.717) is 21.4 Å². The first-order chi connectivity index (χ1) is 9.18. The number of aromatic nitrogens is 3. The Hall–Kier alpha value is -2.69. The first-order valence-corrected chi connectivity index (χ1v) is 5.86. The second kappa shape index (κ2) is 4.20. The minimum atomic E-state index is -0.302. The van der Waals surface area contributed by atoms with Crippen LogP contribution in [0.3, 0.4) is 0 Å². The van der Waals surface area contributed by atoms with Crippen LogP contribution in [0.15, 0.2) is 48.5 Å². The van der Waals surface area contributed by atoms with Gasteiger partial charge in [0.2, 0.25) is 11.0 Å². The van der Waals surface area contributed by atoms with Crippen molar-refractivity contribution in [1.82, 2.24) is 9.90 Å². The Kier molecular flexibility index (Phi) is 2.52. The molecule has 0 atom stereocenters. The molecule has 1 heterocycles. The van der Waals surface area contributed by atoms with Crippen LogP contribution in [-0.2, 0) is 0 Å². The van der Waals surface area contributed by atoms with E-state index in [4.69, 9.17) is 0 Å². The van der Waals surface area contributed by atoms with Crippen LogP contribution in [-0.4, -0.2) is 15.8 Å². The molecule has 0 aliphatic carbocycles. The summed E-state index contributed by atoms with van der Waals surface area (Å²) in [6, 6.07) is 14.1. The molecule has 0 N–H and O–H groups in total. The molecule has 3 rings (SSSR count). The summed E-state index contributed by atoms with van der Waals surface area (Å²) in [5.41, 5.74) is 2.27. The lowest BCUT2D eigenvalue weighted by atomic mass is 10.1. The van der Waals surface area contributed by atoms with Crippen LogP contribution in [0.25, 0.3) is 11.0 Å². The lowest BCUT2D eigenvalue weighted by molar-refractivity contribution is -0.645. The molecular formula is C14H11N3O2. The van der Waals surface area contributed by atoms with Crippen molar-refractivity contribution >= 4 is 16.9 Å². The zero-order valence-electron chi connectivity index (χ0n) is 10.3. The molecule has 0 aliphatic rings. The van der Waals surface area contributed by atoms with Crippen molar-refractivity contribution < 1.29 is 9.64 Å². The fourth-order valence-corrected chi connectivity index (χ4v) is 2.06. The van der Waals surface area contributed by atoms with Crippen molar-refractivity contribution in [2.75, 3.05) is 0 Å². The topological polar surface area (TPSA) is 61.8 Å². The highest BCUT2D eigenvalue weighted by Gasteiger charge is 2.23. The van der Waals surface area contributed by atoms with E-state index < -0.39 is 0 Å². The van der Waals surface area contributed by atoms with Crippen LogP contribution >= 0.6 is 0 Å². The average Bonchev–Trinajstić information content (AvgIpc) is 2.77. The van der Waals surface area contributed by atoms with Gasteiger partial charge in [0.05, 0.1) is 5.56 Å². The summed E-state index contributed by atoms with van der Waals surface area (Å²) in [6.45, 7) is 1.85. The summed E-state index contributed by atoms with van der Waals surface area (Å²) in [7, 11) is 0. The maximum absolute atomic E-state index is 12.4. The summed E-state index contributed by atoms with van der Waals surface area (Å²) < 4.78 is 1.14. The normalized spacial score (nSPS) is 10.8. The molecule has 0 amide bonds. The first-order valence-electron chi connectivity index (χ1n) is 5.86. The number of benzene rings is 2. The highest BCUT2D eigenvalue weighted by atomic mass is 16.5. The van der Waals surface area contributed by atoms with Crippen molar-refractivity contribution in [2.45, 2.75) is 6.92 Å². The number of rotatable bonds is 1. The fourth-order valence-electron chi connectivity index (χ4n) is 2.06. The summed E-state index contributed by atoms with van der Waals surface area (Å²) in [4.78, 5) is 12.9. The van der Waals surface area contributed by atoms with Crippen molar-refractivity contribution in [3.63, 3.8) is 0 Å². The molecule has 19 heavy (non-hydrogen) atoms. The summed E-state index contributed by atoms with van der Waals surface area (Å²) >= 11 is 0. The van der Waals surface area contributed by atoms with Gasteiger partial charge in [-0.2, -0.15) is 0 Å². The van der Waals surface area contributed by atoms with Gasteiger partial charge in [0.25, 0.3) is 0 Å². The molecule has 0 radical (unpaired) electrons. The molecule has 5 heteroatoms. The molecule has 0 spiro atoms. The van der Waals surface area contributed by atoms with Crippen LogP contribution in [0, 0.1) is 12.1 Å². The van der Waals surface area contributed by atoms with Gasteiger partial charge in [-0.05, 0) is 30.7 Å². The maximum atomic E-state index is 12.4. The van der Waals surface area contributed by atoms with E-state index in [1.807, 2.05) is 19.1 Å². The van der Waals surface area contributed by atoms with Gasteiger partial charge in [-0.1, -0.05) is 35.0 Å². The van der Waals surface area contributed by atoms with Gasteiger partial charge in [-0.25, -0.2) is 4.79 Å². The molecule has 0 fully saturated rings. The SMILES string of the molecule is Cc1ccccc1C(=O)n1n[n+]([O-])c2ccccc21. The molecule has 0 unspecified atom stereocenters. The monoisotopic (exact) mass is 253 g/mol. The number of carbonyl (C=O) groups is 1. The molecule has 94 valence electrons. The van der Waals surface area contributed by atoms with Crippen LogP contribution < -0.4 is 4.85 Å². The number of aryl methyl sites for hydroxylation is 1. The third-order valence-electron chi connectivity index (χ3n) is 3.05. The molecule has 0 bridgehead atoms. The fraction of sp³-hybridized carbons (Fsp3) is 0.0714. The lowest BCUT2D eigenvalue weighted by Gasteiger charge is -1.99. The van der Waals surface area contributed by atoms with Crippen LogP contribution in [0.5, 0.6) is 0 Å². The van der Waals surface area contributed by atoms with Crippen molar-refractivity contribution in [2.24, 2.45) is 0 Å². The lowest BCUT2D eigenvalue weighted by Crippen LogP contribution is -2.31.